The predicted octanol–water partition coefficient (Wildman–Crippen LogP) is 5.17. The van der Waals surface area contributed by atoms with Gasteiger partial charge in [-0.1, -0.05) is 36.4 Å². The largest absolute Gasteiger partial charge is 0.493 e. The Morgan fingerprint density at radius 3 is 2.55 bits per heavy atom. The first-order chi connectivity index (χ1) is 15.0. The van der Waals surface area contributed by atoms with Gasteiger partial charge < -0.3 is 14.8 Å². The molecule has 2 aromatic carbocycles. The molecule has 8 heteroatoms. The average molecular weight is 423 g/mol. The number of amides is 1. The fraction of sp³-hybridized carbons (Fsp3) is 0.130. The van der Waals surface area contributed by atoms with E-state index in [0.29, 0.717) is 11.5 Å². The minimum absolute atomic E-state index is 0.0326. The highest BCUT2D eigenvalue weighted by Crippen LogP contribution is 2.32. The van der Waals surface area contributed by atoms with Gasteiger partial charge in [0.1, 0.15) is 17.2 Å². The number of carbonyl (C=O) groups excluding carboxylic acids is 1. The van der Waals surface area contributed by atoms with Crippen LogP contribution in [0.15, 0.2) is 66.9 Å². The van der Waals surface area contributed by atoms with Crippen molar-refractivity contribution in [2.24, 2.45) is 0 Å². The number of aryl methyl sites for hydroxylation is 1. The van der Waals surface area contributed by atoms with Gasteiger partial charge in [-0.2, -0.15) is 8.78 Å². The number of hydrogen-bond acceptors (Lipinski definition) is 4. The highest BCUT2D eigenvalue weighted by molar-refractivity contribution is 6.06. The molecule has 0 saturated carbocycles. The van der Waals surface area contributed by atoms with Gasteiger partial charge in [0.25, 0.3) is 5.91 Å². The lowest BCUT2D eigenvalue weighted by Crippen LogP contribution is -2.14. The van der Waals surface area contributed by atoms with E-state index >= 15 is 0 Å². The van der Waals surface area contributed by atoms with Gasteiger partial charge >= 0.3 is 6.61 Å². The van der Waals surface area contributed by atoms with Crippen LogP contribution >= 0.6 is 0 Å². The summed E-state index contributed by atoms with van der Waals surface area (Å²) >= 11 is 0. The van der Waals surface area contributed by atoms with E-state index < -0.39 is 12.5 Å². The molecule has 0 aliphatic rings. The summed E-state index contributed by atoms with van der Waals surface area (Å²) < 4.78 is 36.5. The number of fused-ring (bicyclic) bond motifs is 1. The second-order valence-corrected chi connectivity index (χ2v) is 6.76. The molecular formula is C23H19F2N3O3. The summed E-state index contributed by atoms with van der Waals surface area (Å²) in [6, 6.07) is 17.3. The molecule has 0 aliphatic carbocycles. The number of ether oxygens (including phenoxy) is 2. The summed E-state index contributed by atoms with van der Waals surface area (Å²) in [5, 5.41) is 2.90. The number of hydrogen-bond donors (Lipinski definition) is 1. The van der Waals surface area contributed by atoms with Crippen molar-refractivity contribution < 1.29 is 23.0 Å². The maximum absolute atomic E-state index is 13.0. The number of halogens is 2. The zero-order chi connectivity index (χ0) is 22.0. The minimum atomic E-state index is -3.00. The maximum atomic E-state index is 13.0. The molecule has 0 atom stereocenters. The number of carbonyl (C=O) groups is 1. The molecule has 1 N–H and O–H groups in total. The molecule has 4 rings (SSSR count). The molecular weight excluding hydrogens is 404 g/mol. The van der Waals surface area contributed by atoms with Crippen molar-refractivity contribution in [1.29, 1.82) is 0 Å². The Balaban J connectivity index is 1.75. The Kier molecular flexibility index (Phi) is 5.53. The molecule has 0 aliphatic heterocycles. The number of rotatable bonds is 6. The van der Waals surface area contributed by atoms with Crippen LogP contribution in [0.4, 0.5) is 14.6 Å². The second-order valence-electron chi connectivity index (χ2n) is 6.76. The van der Waals surface area contributed by atoms with Crippen molar-refractivity contribution in [3.8, 4) is 22.8 Å². The van der Waals surface area contributed by atoms with Crippen molar-refractivity contribution in [3.63, 3.8) is 0 Å². The summed E-state index contributed by atoms with van der Waals surface area (Å²) in [7, 11) is 1.32. The third kappa shape index (κ3) is 4.05. The van der Waals surface area contributed by atoms with Crippen LogP contribution in [0.25, 0.3) is 16.9 Å². The molecule has 4 aromatic rings. The van der Waals surface area contributed by atoms with E-state index in [2.05, 4.69) is 10.1 Å². The number of aromatic nitrogens is 2. The number of pyridine rings is 1. The van der Waals surface area contributed by atoms with Crippen molar-refractivity contribution in [1.82, 2.24) is 9.38 Å². The standard InChI is InChI=1S/C23H19F2N3O3/c1-14-7-6-12-28-20(14)26-19(15-8-4-3-5-9-15)21(28)27-22(29)16-10-11-17(31-23(24)25)18(13-16)30-2/h3-13,23H,1-2H3,(H,27,29). The van der Waals surface area contributed by atoms with E-state index in [1.807, 2.05) is 55.6 Å². The summed E-state index contributed by atoms with van der Waals surface area (Å²) in [6.45, 7) is -1.06. The Bertz CT molecular complexity index is 1240. The Labute approximate surface area is 177 Å². The SMILES string of the molecule is COc1cc(C(=O)Nc2c(-c3ccccc3)nc3c(C)cccn23)ccc1OC(F)F. The molecule has 1 amide bonds. The average Bonchev–Trinajstić information content (AvgIpc) is 3.14. The maximum Gasteiger partial charge on any atom is 0.387 e. The second kappa shape index (κ2) is 8.43. The van der Waals surface area contributed by atoms with Crippen LogP contribution in [0.3, 0.4) is 0 Å². The van der Waals surface area contributed by atoms with E-state index in [4.69, 9.17) is 9.72 Å². The van der Waals surface area contributed by atoms with Crippen LogP contribution in [0.1, 0.15) is 15.9 Å². The monoisotopic (exact) mass is 423 g/mol. The van der Waals surface area contributed by atoms with Gasteiger partial charge in [0.2, 0.25) is 0 Å². The highest BCUT2D eigenvalue weighted by atomic mass is 19.3. The van der Waals surface area contributed by atoms with Gasteiger partial charge in [0.15, 0.2) is 11.5 Å². The molecule has 0 saturated heterocycles. The Hall–Kier alpha value is -3.94. The molecule has 0 radical (unpaired) electrons. The Morgan fingerprint density at radius 1 is 1.06 bits per heavy atom. The number of alkyl halides is 2. The van der Waals surface area contributed by atoms with E-state index in [1.165, 1.54) is 25.3 Å². The fourth-order valence-electron chi connectivity index (χ4n) is 3.30. The van der Waals surface area contributed by atoms with Crippen LogP contribution in [-0.2, 0) is 0 Å². The number of nitrogens with one attached hydrogen (secondary N) is 1. The van der Waals surface area contributed by atoms with Crippen LogP contribution in [-0.4, -0.2) is 29.0 Å². The molecule has 0 spiro atoms. The zero-order valence-electron chi connectivity index (χ0n) is 16.8. The lowest BCUT2D eigenvalue weighted by atomic mass is 10.1. The summed E-state index contributed by atoms with van der Waals surface area (Å²) in [6.07, 6.45) is 1.82. The predicted molar refractivity (Wildman–Crippen MR) is 113 cm³/mol. The summed E-state index contributed by atoms with van der Waals surface area (Å²) in [5.74, 6) is -0.0566. The number of nitrogens with zero attached hydrogens (tertiary/aromatic N) is 2. The fourth-order valence-corrected chi connectivity index (χ4v) is 3.30. The smallest absolute Gasteiger partial charge is 0.387 e. The topological polar surface area (TPSA) is 64.9 Å². The first-order valence-corrected chi connectivity index (χ1v) is 9.45. The van der Waals surface area contributed by atoms with Gasteiger partial charge in [0, 0.05) is 17.3 Å². The highest BCUT2D eigenvalue weighted by Gasteiger charge is 2.19. The van der Waals surface area contributed by atoms with Crippen LogP contribution in [0.5, 0.6) is 11.5 Å². The van der Waals surface area contributed by atoms with Crippen LogP contribution < -0.4 is 14.8 Å². The third-order valence-electron chi connectivity index (χ3n) is 4.77. The molecule has 31 heavy (non-hydrogen) atoms. The number of imidazole rings is 1. The van der Waals surface area contributed by atoms with E-state index in [0.717, 1.165) is 16.8 Å². The molecule has 6 nitrogen and oxygen atoms in total. The molecule has 2 heterocycles. The van der Waals surface area contributed by atoms with Crippen molar-refractivity contribution in [2.75, 3.05) is 12.4 Å². The van der Waals surface area contributed by atoms with Gasteiger partial charge in [0.05, 0.1) is 7.11 Å². The van der Waals surface area contributed by atoms with E-state index in [1.54, 1.807) is 4.40 Å². The van der Waals surface area contributed by atoms with E-state index in [-0.39, 0.29) is 17.1 Å². The first kappa shape index (κ1) is 20.3. The Morgan fingerprint density at radius 2 is 1.84 bits per heavy atom. The zero-order valence-corrected chi connectivity index (χ0v) is 16.8. The lowest BCUT2D eigenvalue weighted by Gasteiger charge is -2.12. The van der Waals surface area contributed by atoms with E-state index in [9.17, 15) is 13.6 Å². The summed E-state index contributed by atoms with van der Waals surface area (Å²) in [4.78, 5) is 17.8. The van der Waals surface area contributed by atoms with Gasteiger partial charge in [-0.15, -0.1) is 0 Å². The normalized spacial score (nSPS) is 11.0. The molecule has 0 bridgehead atoms. The first-order valence-electron chi connectivity index (χ1n) is 9.45. The number of methoxy groups -OCH3 is 1. The van der Waals surface area contributed by atoms with Gasteiger partial charge in [-0.05, 0) is 36.8 Å². The molecule has 2 aromatic heterocycles. The minimum Gasteiger partial charge on any atom is -0.493 e. The quantitative estimate of drug-likeness (QED) is 0.465. The third-order valence-corrected chi connectivity index (χ3v) is 4.77. The molecule has 0 unspecified atom stereocenters. The van der Waals surface area contributed by atoms with Crippen molar-refractivity contribution in [3.05, 3.63) is 78.0 Å². The van der Waals surface area contributed by atoms with Crippen LogP contribution in [0.2, 0.25) is 0 Å². The summed E-state index contributed by atoms with van der Waals surface area (Å²) in [5.41, 5.74) is 3.36. The lowest BCUT2D eigenvalue weighted by molar-refractivity contribution is -0.0512. The van der Waals surface area contributed by atoms with Crippen LogP contribution in [0, 0.1) is 6.92 Å². The number of anilines is 1. The van der Waals surface area contributed by atoms with Crippen molar-refractivity contribution in [2.45, 2.75) is 13.5 Å². The molecule has 158 valence electrons. The van der Waals surface area contributed by atoms with Crippen molar-refractivity contribution >= 4 is 17.4 Å². The van der Waals surface area contributed by atoms with Gasteiger partial charge in [-0.3, -0.25) is 9.20 Å². The molecule has 0 fully saturated rings. The van der Waals surface area contributed by atoms with Gasteiger partial charge in [-0.25, -0.2) is 4.98 Å². The number of benzene rings is 2.